The van der Waals surface area contributed by atoms with Gasteiger partial charge in [-0.15, -0.1) is 0 Å². The topological polar surface area (TPSA) is 58.6 Å². The van der Waals surface area contributed by atoms with Gasteiger partial charge in [0.25, 0.3) is 5.91 Å². The predicted molar refractivity (Wildman–Crippen MR) is 116 cm³/mol. The van der Waals surface area contributed by atoms with Crippen LogP contribution in [0.25, 0.3) is 0 Å². The molecule has 2 amide bonds. The Morgan fingerprint density at radius 3 is 2.47 bits per heavy atom. The molecule has 0 spiro atoms. The molecule has 1 atom stereocenters. The van der Waals surface area contributed by atoms with Crippen molar-refractivity contribution < 1.29 is 18.7 Å². The molecular weight excluding hydrogens is 430 g/mol. The molecule has 5 nitrogen and oxygen atoms in total. The van der Waals surface area contributed by atoms with Gasteiger partial charge >= 0.3 is 0 Å². The minimum atomic E-state index is -0.785. The van der Waals surface area contributed by atoms with Crippen molar-refractivity contribution in [2.24, 2.45) is 5.92 Å². The molecule has 2 aromatic carbocycles. The van der Waals surface area contributed by atoms with Crippen molar-refractivity contribution in [2.45, 2.75) is 33.4 Å². The number of carbonyl (C=O) groups is 2. The van der Waals surface area contributed by atoms with Crippen molar-refractivity contribution in [1.82, 2.24) is 10.2 Å². The molecule has 0 aliphatic carbocycles. The molecule has 0 saturated heterocycles. The van der Waals surface area contributed by atoms with Crippen LogP contribution in [0.4, 0.5) is 4.39 Å². The van der Waals surface area contributed by atoms with E-state index in [-0.39, 0.29) is 24.1 Å². The summed E-state index contributed by atoms with van der Waals surface area (Å²) >= 11 is 12.2. The Kier molecular flexibility index (Phi) is 8.93. The Hall–Kier alpha value is -2.31. The van der Waals surface area contributed by atoms with Gasteiger partial charge < -0.3 is 15.0 Å². The van der Waals surface area contributed by atoms with Crippen molar-refractivity contribution in [1.29, 1.82) is 0 Å². The molecule has 0 heterocycles. The van der Waals surface area contributed by atoms with Crippen LogP contribution >= 0.6 is 23.2 Å². The summed E-state index contributed by atoms with van der Waals surface area (Å²) in [5, 5.41) is 3.67. The third-order valence-corrected chi connectivity index (χ3v) is 4.98. The maximum Gasteiger partial charge on any atom is 0.261 e. The predicted octanol–water partition coefficient (Wildman–Crippen LogP) is 4.70. The molecule has 0 aliphatic rings. The van der Waals surface area contributed by atoms with E-state index in [1.54, 1.807) is 31.2 Å². The highest BCUT2D eigenvalue weighted by Crippen LogP contribution is 2.23. The molecular formula is C22H25Cl2FN2O3. The van der Waals surface area contributed by atoms with Gasteiger partial charge in [-0.25, -0.2) is 4.39 Å². The highest BCUT2D eigenvalue weighted by molar-refractivity contribution is 6.35. The van der Waals surface area contributed by atoms with E-state index in [9.17, 15) is 14.0 Å². The fourth-order valence-electron chi connectivity index (χ4n) is 2.65. The molecule has 0 fully saturated rings. The highest BCUT2D eigenvalue weighted by Gasteiger charge is 2.27. The number of benzene rings is 2. The van der Waals surface area contributed by atoms with Crippen molar-refractivity contribution in [3.05, 3.63) is 63.9 Å². The van der Waals surface area contributed by atoms with E-state index in [0.29, 0.717) is 22.2 Å². The van der Waals surface area contributed by atoms with Crippen LogP contribution in [-0.2, 0) is 16.1 Å². The fourth-order valence-corrected chi connectivity index (χ4v) is 3.12. The monoisotopic (exact) mass is 454 g/mol. The van der Waals surface area contributed by atoms with E-state index in [2.05, 4.69) is 5.32 Å². The molecule has 0 saturated carbocycles. The van der Waals surface area contributed by atoms with Crippen LogP contribution in [0.5, 0.6) is 5.75 Å². The van der Waals surface area contributed by atoms with Crippen molar-refractivity contribution in [2.75, 3.05) is 13.2 Å². The first-order valence-corrected chi connectivity index (χ1v) is 10.3. The second-order valence-electron chi connectivity index (χ2n) is 7.29. The third-order valence-electron chi connectivity index (χ3n) is 4.40. The molecule has 0 aliphatic heterocycles. The summed E-state index contributed by atoms with van der Waals surface area (Å²) in [5.41, 5.74) is 0.629. The first-order chi connectivity index (χ1) is 14.2. The Morgan fingerprint density at radius 2 is 1.83 bits per heavy atom. The molecule has 0 unspecified atom stereocenters. The van der Waals surface area contributed by atoms with Gasteiger partial charge in [0.2, 0.25) is 5.91 Å². The summed E-state index contributed by atoms with van der Waals surface area (Å²) in [7, 11) is 0. The third kappa shape index (κ3) is 6.89. The number of hydrogen-bond acceptors (Lipinski definition) is 3. The number of nitrogens with zero attached hydrogens (tertiary/aromatic N) is 1. The lowest BCUT2D eigenvalue weighted by molar-refractivity contribution is -0.142. The van der Waals surface area contributed by atoms with Crippen LogP contribution < -0.4 is 10.1 Å². The highest BCUT2D eigenvalue weighted by atomic mass is 35.5. The fraction of sp³-hybridized carbons (Fsp3) is 0.364. The molecule has 162 valence electrons. The quantitative estimate of drug-likeness (QED) is 0.597. The molecule has 30 heavy (non-hydrogen) atoms. The number of rotatable bonds is 9. The zero-order valence-corrected chi connectivity index (χ0v) is 18.6. The largest absolute Gasteiger partial charge is 0.481 e. The molecule has 0 bridgehead atoms. The number of nitrogens with one attached hydrogen (secondary N) is 1. The summed E-state index contributed by atoms with van der Waals surface area (Å²) in [6.45, 7) is 5.71. The smallest absolute Gasteiger partial charge is 0.261 e. The van der Waals surface area contributed by atoms with E-state index < -0.39 is 24.4 Å². The van der Waals surface area contributed by atoms with Gasteiger partial charge in [-0.2, -0.15) is 0 Å². The van der Waals surface area contributed by atoms with Crippen LogP contribution in [0.3, 0.4) is 0 Å². The number of ether oxygens (including phenoxy) is 1. The second-order valence-corrected chi connectivity index (χ2v) is 8.14. The summed E-state index contributed by atoms with van der Waals surface area (Å²) in [4.78, 5) is 26.9. The minimum absolute atomic E-state index is 0.0350. The Bertz CT molecular complexity index is 892. The number of amides is 2. The van der Waals surface area contributed by atoms with Gasteiger partial charge in [0.15, 0.2) is 18.2 Å². The second kappa shape index (κ2) is 11.2. The van der Waals surface area contributed by atoms with Crippen molar-refractivity contribution in [3.8, 4) is 5.75 Å². The lowest BCUT2D eigenvalue weighted by Gasteiger charge is -2.29. The summed E-state index contributed by atoms with van der Waals surface area (Å²) in [6, 6.07) is 9.95. The van der Waals surface area contributed by atoms with Crippen molar-refractivity contribution in [3.63, 3.8) is 0 Å². The SMILES string of the molecule is CC(C)CNC(=O)[C@H](C)N(Cc1ccc(Cl)cc1Cl)C(=O)COc1ccccc1F. The average Bonchev–Trinajstić information content (AvgIpc) is 2.70. The van der Waals surface area contributed by atoms with Gasteiger partial charge in [0.1, 0.15) is 6.04 Å². The normalized spacial score (nSPS) is 11.8. The lowest BCUT2D eigenvalue weighted by atomic mass is 10.1. The maximum absolute atomic E-state index is 13.8. The van der Waals surface area contributed by atoms with E-state index in [1.807, 2.05) is 13.8 Å². The number of halogens is 3. The Morgan fingerprint density at radius 1 is 1.13 bits per heavy atom. The van der Waals surface area contributed by atoms with Crippen LogP contribution in [0.1, 0.15) is 26.3 Å². The number of para-hydroxylation sites is 1. The molecule has 8 heteroatoms. The van der Waals surface area contributed by atoms with Gasteiger partial charge in [-0.3, -0.25) is 9.59 Å². The standard InChI is InChI=1S/C22H25Cl2FN2O3/c1-14(2)11-26-22(29)15(3)27(12-16-8-9-17(23)10-18(16)24)21(28)13-30-20-7-5-4-6-19(20)25/h4-10,14-15H,11-13H2,1-3H3,(H,26,29)/t15-/m0/s1. The van der Waals surface area contributed by atoms with Crippen LogP contribution in [0.2, 0.25) is 10.0 Å². The first kappa shape index (κ1) is 24.0. The first-order valence-electron chi connectivity index (χ1n) is 9.57. The maximum atomic E-state index is 13.8. The molecule has 2 aromatic rings. The van der Waals surface area contributed by atoms with E-state index >= 15 is 0 Å². The van der Waals surface area contributed by atoms with Gasteiger partial charge in [0.05, 0.1) is 0 Å². The van der Waals surface area contributed by atoms with Gasteiger partial charge in [0, 0.05) is 23.1 Å². The molecule has 0 aromatic heterocycles. The summed E-state index contributed by atoms with van der Waals surface area (Å²) < 4.78 is 19.1. The Balaban J connectivity index is 2.19. The lowest BCUT2D eigenvalue weighted by Crippen LogP contribution is -2.49. The minimum Gasteiger partial charge on any atom is -0.481 e. The van der Waals surface area contributed by atoms with E-state index in [0.717, 1.165) is 0 Å². The average molecular weight is 455 g/mol. The number of hydrogen-bond donors (Lipinski definition) is 1. The van der Waals surface area contributed by atoms with E-state index in [4.69, 9.17) is 27.9 Å². The van der Waals surface area contributed by atoms with Crippen LogP contribution in [-0.4, -0.2) is 35.9 Å². The molecule has 1 N–H and O–H groups in total. The van der Waals surface area contributed by atoms with Gasteiger partial charge in [-0.05, 0) is 42.7 Å². The van der Waals surface area contributed by atoms with Gasteiger partial charge in [-0.1, -0.05) is 55.2 Å². The summed E-state index contributed by atoms with van der Waals surface area (Å²) in [6.07, 6.45) is 0. The Labute approximate surface area is 186 Å². The van der Waals surface area contributed by atoms with E-state index in [1.165, 1.54) is 23.1 Å². The molecule has 2 rings (SSSR count). The van der Waals surface area contributed by atoms with Crippen molar-refractivity contribution >= 4 is 35.0 Å². The number of carbonyl (C=O) groups excluding carboxylic acids is 2. The van der Waals surface area contributed by atoms with Crippen LogP contribution in [0.15, 0.2) is 42.5 Å². The van der Waals surface area contributed by atoms with Crippen LogP contribution in [0, 0.1) is 11.7 Å². The zero-order chi connectivity index (χ0) is 22.3. The zero-order valence-electron chi connectivity index (χ0n) is 17.1. The molecule has 0 radical (unpaired) electrons. The summed E-state index contributed by atoms with van der Waals surface area (Å²) in [5.74, 6) is -1.11.